The fourth-order valence-electron chi connectivity index (χ4n) is 1.97. The summed E-state index contributed by atoms with van der Waals surface area (Å²) in [5.41, 5.74) is 3.41. The van der Waals surface area contributed by atoms with Crippen LogP contribution >= 0.6 is 0 Å². The first-order valence-corrected chi connectivity index (χ1v) is 6.87. The Morgan fingerprint density at radius 1 is 1.19 bits per heavy atom. The van der Waals surface area contributed by atoms with E-state index >= 15 is 0 Å². The topological polar surface area (TPSA) is 52.6 Å². The number of carbonyl (C=O) groups excluding carboxylic acids is 1. The number of nitrogens with zero attached hydrogens (tertiary/aromatic N) is 1. The second-order valence-corrected chi connectivity index (χ2v) is 5.13. The molecule has 21 heavy (non-hydrogen) atoms. The number of aliphatic hydroxyl groups is 1. The molecule has 0 aliphatic heterocycles. The minimum atomic E-state index is -0.559. The van der Waals surface area contributed by atoms with Crippen molar-refractivity contribution in [2.45, 2.75) is 20.0 Å². The zero-order chi connectivity index (χ0) is 15.4. The zero-order valence-corrected chi connectivity index (χ0v) is 12.5. The monoisotopic (exact) mass is 284 g/mol. The number of hydrogen-bond acceptors (Lipinski definition) is 2. The van der Waals surface area contributed by atoms with E-state index in [0.717, 1.165) is 16.8 Å². The number of aliphatic hydroxyl groups excluding tert-OH is 1. The molecule has 0 aliphatic rings. The van der Waals surface area contributed by atoms with Gasteiger partial charge in [-0.3, -0.25) is 4.90 Å². The van der Waals surface area contributed by atoms with Gasteiger partial charge in [0.15, 0.2) is 0 Å². The van der Waals surface area contributed by atoms with Gasteiger partial charge >= 0.3 is 6.03 Å². The van der Waals surface area contributed by atoms with Crippen molar-refractivity contribution in [2.24, 2.45) is 0 Å². The summed E-state index contributed by atoms with van der Waals surface area (Å²) in [6.07, 6.45) is -0.559. The lowest BCUT2D eigenvalue weighted by Crippen LogP contribution is -2.31. The van der Waals surface area contributed by atoms with Crippen LogP contribution in [-0.4, -0.2) is 18.2 Å². The molecule has 0 bridgehead atoms. The summed E-state index contributed by atoms with van der Waals surface area (Å²) in [6, 6.07) is 14.7. The van der Waals surface area contributed by atoms with Crippen molar-refractivity contribution in [1.82, 2.24) is 0 Å². The number of nitrogens with one attached hydrogen (secondary N) is 1. The molecule has 0 heterocycles. The lowest BCUT2D eigenvalue weighted by atomic mass is 10.1. The Kier molecular flexibility index (Phi) is 4.60. The number of rotatable bonds is 3. The molecule has 0 radical (unpaired) electrons. The van der Waals surface area contributed by atoms with Gasteiger partial charge in [0.2, 0.25) is 0 Å². The highest BCUT2D eigenvalue weighted by Gasteiger charge is 2.11. The molecule has 2 rings (SSSR count). The summed E-state index contributed by atoms with van der Waals surface area (Å²) < 4.78 is 0. The second-order valence-electron chi connectivity index (χ2n) is 5.13. The number of anilines is 2. The molecule has 2 aromatic rings. The maximum Gasteiger partial charge on any atom is 0.326 e. The van der Waals surface area contributed by atoms with Gasteiger partial charge in [0.05, 0.1) is 6.10 Å². The molecule has 4 heteroatoms. The lowest BCUT2D eigenvalue weighted by molar-refractivity contribution is 0.199. The standard InChI is InChI=1S/C17H20N2O2/c1-12-7-9-16(10-8-12)19(3)17(21)18-15-6-4-5-14(11-15)13(2)20/h4-11,13,20H,1-3H3,(H,18,21). The summed E-state index contributed by atoms with van der Waals surface area (Å²) in [7, 11) is 1.72. The Balaban J connectivity index is 2.10. The number of benzene rings is 2. The lowest BCUT2D eigenvalue weighted by Gasteiger charge is -2.18. The predicted octanol–water partition coefficient (Wildman–Crippen LogP) is 3.72. The molecule has 0 spiro atoms. The van der Waals surface area contributed by atoms with Gasteiger partial charge in [-0.05, 0) is 43.7 Å². The van der Waals surface area contributed by atoms with E-state index in [4.69, 9.17) is 0 Å². The minimum Gasteiger partial charge on any atom is -0.389 e. The Bertz CT molecular complexity index is 621. The van der Waals surface area contributed by atoms with Gasteiger partial charge in [0.1, 0.15) is 0 Å². The average Bonchev–Trinajstić information content (AvgIpc) is 2.47. The predicted molar refractivity (Wildman–Crippen MR) is 85.7 cm³/mol. The molecule has 0 fully saturated rings. The summed E-state index contributed by atoms with van der Waals surface area (Å²) in [5, 5.41) is 12.4. The smallest absolute Gasteiger partial charge is 0.326 e. The maximum atomic E-state index is 12.2. The van der Waals surface area contributed by atoms with Gasteiger partial charge in [0, 0.05) is 18.4 Å². The Morgan fingerprint density at radius 3 is 2.48 bits per heavy atom. The van der Waals surface area contributed by atoms with Crippen LogP contribution < -0.4 is 10.2 Å². The summed E-state index contributed by atoms with van der Waals surface area (Å²) >= 11 is 0. The third kappa shape index (κ3) is 3.83. The first-order valence-electron chi connectivity index (χ1n) is 6.87. The third-order valence-corrected chi connectivity index (χ3v) is 3.35. The van der Waals surface area contributed by atoms with Crippen LogP contribution in [0.25, 0.3) is 0 Å². The molecule has 0 aromatic heterocycles. The highest BCUT2D eigenvalue weighted by atomic mass is 16.3. The fraction of sp³-hybridized carbons (Fsp3) is 0.235. The van der Waals surface area contributed by atoms with E-state index in [1.54, 1.807) is 31.0 Å². The highest BCUT2D eigenvalue weighted by molar-refractivity contribution is 6.01. The van der Waals surface area contributed by atoms with E-state index in [-0.39, 0.29) is 6.03 Å². The van der Waals surface area contributed by atoms with Crippen molar-refractivity contribution in [3.8, 4) is 0 Å². The van der Waals surface area contributed by atoms with E-state index in [0.29, 0.717) is 5.69 Å². The van der Waals surface area contributed by atoms with Crippen molar-refractivity contribution in [3.05, 3.63) is 59.7 Å². The van der Waals surface area contributed by atoms with Crippen LogP contribution in [0.4, 0.5) is 16.2 Å². The van der Waals surface area contributed by atoms with Crippen LogP contribution in [0, 0.1) is 6.92 Å². The van der Waals surface area contributed by atoms with Gasteiger partial charge in [-0.15, -0.1) is 0 Å². The molecule has 0 aliphatic carbocycles. The number of carbonyl (C=O) groups is 1. The van der Waals surface area contributed by atoms with E-state index in [2.05, 4.69) is 5.32 Å². The van der Waals surface area contributed by atoms with Crippen LogP contribution in [0.15, 0.2) is 48.5 Å². The first-order chi connectivity index (χ1) is 9.97. The molecular weight excluding hydrogens is 264 g/mol. The van der Waals surface area contributed by atoms with Gasteiger partial charge in [-0.2, -0.15) is 0 Å². The molecule has 1 atom stereocenters. The van der Waals surface area contributed by atoms with Gasteiger partial charge in [-0.1, -0.05) is 29.8 Å². The zero-order valence-electron chi connectivity index (χ0n) is 12.5. The first kappa shape index (κ1) is 15.1. The molecule has 2 N–H and O–H groups in total. The third-order valence-electron chi connectivity index (χ3n) is 3.35. The fourth-order valence-corrected chi connectivity index (χ4v) is 1.97. The largest absolute Gasteiger partial charge is 0.389 e. The van der Waals surface area contributed by atoms with E-state index in [1.807, 2.05) is 43.3 Å². The average molecular weight is 284 g/mol. The SMILES string of the molecule is Cc1ccc(N(C)C(=O)Nc2cccc(C(C)O)c2)cc1. The number of hydrogen-bond donors (Lipinski definition) is 2. The van der Waals surface area contributed by atoms with Crippen molar-refractivity contribution in [2.75, 3.05) is 17.3 Å². The summed E-state index contributed by atoms with van der Waals surface area (Å²) in [4.78, 5) is 13.8. The number of aryl methyl sites for hydroxylation is 1. The van der Waals surface area contributed by atoms with Crippen LogP contribution in [0.1, 0.15) is 24.2 Å². The number of amides is 2. The van der Waals surface area contributed by atoms with Crippen molar-refractivity contribution in [3.63, 3.8) is 0 Å². The van der Waals surface area contributed by atoms with E-state index in [9.17, 15) is 9.90 Å². The van der Waals surface area contributed by atoms with Crippen molar-refractivity contribution in [1.29, 1.82) is 0 Å². The molecule has 2 amide bonds. The molecule has 2 aromatic carbocycles. The summed E-state index contributed by atoms with van der Waals surface area (Å²) in [6.45, 7) is 3.70. The molecule has 0 saturated carbocycles. The van der Waals surface area contributed by atoms with Gasteiger partial charge < -0.3 is 10.4 Å². The van der Waals surface area contributed by atoms with Gasteiger partial charge in [-0.25, -0.2) is 4.79 Å². The van der Waals surface area contributed by atoms with Crippen LogP contribution in [0.3, 0.4) is 0 Å². The van der Waals surface area contributed by atoms with Crippen molar-refractivity contribution < 1.29 is 9.90 Å². The minimum absolute atomic E-state index is 0.221. The molecule has 1 unspecified atom stereocenters. The molecular formula is C17H20N2O2. The Hall–Kier alpha value is -2.33. The van der Waals surface area contributed by atoms with Crippen LogP contribution in [0.2, 0.25) is 0 Å². The van der Waals surface area contributed by atoms with Crippen LogP contribution in [-0.2, 0) is 0 Å². The Morgan fingerprint density at radius 2 is 1.86 bits per heavy atom. The number of urea groups is 1. The second kappa shape index (κ2) is 6.41. The molecule has 110 valence electrons. The highest BCUT2D eigenvalue weighted by Crippen LogP contribution is 2.19. The maximum absolute atomic E-state index is 12.2. The molecule has 0 saturated heterocycles. The Labute approximate surface area is 125 Å². The van der Waals surface area contributed by atoms with E-state index < -0.39 is 6.10 Å². The van der Waals surface area contributed by atoms with E-state index in [1.165, 1.54) is 0 Å². The summed E-state index contributed by atoms with van der Waals surface area (Å²) in [5.74, 6) is 0. The normalized spacial score (nSPS) is 11.8. The van der Waals surface area contributed by atoms with Gasteiger partial charge in [0.25, 0.3) is 0 Å². The van der Waals surface area contributed by atoms with Crippen molar-refractivity contribution >= 4 is 17.4 Å². The van der Waals surface area contributed by atoms with Crippen LogP contribution in [0.5, 0.6) is 0 Å². The molecule has 4 nitrogen and oxygen atoms in total. The quantitative estimate of drug-likeness (QED) is 0.902.